The van der Waals surface area contributed by atoms with Gasteiger partial charge < -0.3 is 5.11 Å². The summed E-state index contributed by atoms with van der Waals surface area (Å²) in [7, 11) is 0. The third-order valence-electron chi connectivity index (χ3n) is 3.92. The average Bonchev–Trinajstić information content (AvgIpc) is 3.11. The number of aromatic nitrogens is 1. The second kappa shape index (κ2) is 6.73. The number of hydrogen-bond acceptors (Lipinski definition) is 5. The molecule has 27 heavy (non-hydrogen) atoms. The smallest absolute Gasteiger partial charge is 0.279 e. The Morgan fingerprint density at radius 2 is 2.00 bits per heavy atom. The van der Waals surface area contributed by atoms with Crippen LogP contribution in [0, 0.1) is 3.95 Å². The second-order valence-electron chi connectivity index (χ2n) is 5.62. The van der Waals surface area contributed by atoms with Crippen LogP contribution >= 0.6 is 35.2 Å². The Hall–Kier alpha value is -2.81. The fourth-order valence-electron chi connectivity index (χ4n) is 2.71. The topological polar surface area (TPSA) is 83.7 Å². The van der Waals surface area contributed by atoms with Crippen LogP contribution in [0.1, 0.15) is 15.2 Å². The first kappa shape index (κ1) is 17.6. The molecule has 2 aromatic carbocycles. The Bertz CT molecular complexity index is 1290. The lowest BCUT2D eigenvalue weighted by molar-refractivity contribution is -0.112. The maximum absolute atomic E-state index is 12.4. The molecule has 2 N–H and O–H groups in total. The van der Waals surface area contributed by atoms with E-state index in [0.717, 1.165) is 16.0 Å². The van der Waals surface area contributed by atoms with Crippen LogP contribution in [-0.4, -0.2) is 21.6 Å². The van der Waals surface area contributed by atoms with Gasteiger partial charge in [-0.15, -0.1) is 0 Å². The minimum atomic E-state index is -0.499. The van der Waals surface area contributed by atoms with Crippen molar-refractivity contribution in [1.82, 2.24) is 4.68 Å². The van der Waals surface area contributed by atoms with Crippen LogP contribution in [0.5, 0.6) is 5.88 Å². The third-order valence-corrected chi connectivity index (χ3v) is 5.54. The maximum Gasteiger partial charge on any atom is 0.279 e. The van der Waals surface area contributed by atoms with Crippen molar-refractivity contribution in [1.29, 1.82) is 0 Å². The highest BCUT2D eigenvalue weighted by atomic mass is 35.5. The fraction of sp³-hybridized carbons (Fsp3) is 0. The average molecular weight is 416 g/mol. The molecule has 0 bridgehead atoms. The molecule has 0 spiro atoms. The Balaban J connectivity index is 1.78. The summed E-state index contributed by atoms with van der Waals surface area (Å²) >= 11 is 12.2. The SMILES string of the molecule is O=C1N=c2ccccc2=C1c1sc(=S)n(NC(=O)c2cccc(Cl)c2)c1O. The first-order valence-electron chi connectivity index (χ1n) is 7.70. The fourth-order valence-corrected chi connectivity index (χ4v) is 4.16. The number of nitrogens with one attached hydrogen (secondary N) is 1. The number of fused-ring (bicyclic) bond motifs is 1. The van der Waals surface area contributed by atoms with E-state index in [2.05, 4.69) is 10.4 Å². The van der Waals surface area contributed by atoms with Crippen molar-refractivity contribution in [3.63, 3.8) is 0 Å². The normalized spacial score (nSPS) is 12.6. The van der Waals surface area contributed by atoms with Crippen LogP contribution in [0.2, 0.25) is 5.02 Å². The number of aromatic hydroxyl groups is 1. The number of benzene rings is 2. The number of rotatable bonds is 3. The Morgan fingerprint density at radius 1 is 1.22 bits per heavy atom. The van der Waals surface area contributed by atoms with E-state index >= 15 is 0 Å². The minimum Gasteiger partial charge on any atom is -0.492 e. The van der Waals surface area contributed by atoms with Gasteiger partial charge >= 0.3 is 0 Å². The van der Waals surface area contributed by atoms with E-state index in [1.165, 1.54) is 6.07 Å². The molecule has 0 saturated carbocycles. The number of thiazole rings is 1. The van der Waals surface area contributed by atoms with Crippen LogP contribution in [0.3, 0.4) is 0 Å². The van der Waals surface area contributed by atoms with Gasteiger partial charge in [0.25, 0.3) is 11.8 Å². The summed E-state index contributed by atoms with van der Waals surface area (Å²) in [5, 5.41) is 12.2. The monoisotopic (exact) mass is 415 g/mol. The Morgan fingerprint density at radius 3 is 2.78 bits per heavy atom. The molecular weight excluding hydrogens is 406 g/mol. The number of carbonyl (C=O) groups is 2. The zero-order valence-electron chi connectivity index (χ0n) is 13.5. The number of hydrogen-bond donors (Lipinski definition) is 2. The molecule has 6 nitrogen and oxygen atoms in total. The third kappa shape index (κ3) is 3.08. The molecule has 4 rings (SSSR count). The zero-order chi connectivity index (χ0) is 19.1. The standard InChI is InChI=1S/C18H10ClN3O3S2/c19-10-5-3-4-9(8-10)15(23)21-22-17(25)14(27-18(22)26)13-11-6-1-2-7-12(11)20-16(13)24/h1-8,25H,(H,21,23). The quantitative estimate of drug-likeness (QED) is 0.643. The van der Waals surface area contributed by atoms with Crippen molar-refractivity contribution >= 4 is 52.5 Å². The highest BCUT2D eigenvalue weighted by Crippen LogP contribution is 2.31. The van der Waals surface area contributed by atoms with Gasteiger partial charge in [-0.05, 0) is 36.5 Å². The van der Waals surface area contributed by atoms with Gasteiger partial charge in [-0.25, -0.2) is 4.99 Å². The lowest BCUT2D eigenvalue weighted by Gasteiger charge is -2.08. The Labute approximate surface area is 166 Å². The van der Waals surface area contributed by atoms with Crippen molar-refractivity contribution in [2.75, 3.05) is 5.43 Å². The number of nitrogens with zero attached hydrogens (tertiary/aromatic N) is 2. The molecule has 1 aliphatic rings. The van der Waals surface area contributed by atoms with Gasteiger partial charge in [0, 0.05) is 15.8 Å². The Kier molecular flexibility index (Phi) is 4.39. The van der Waals surface area contributed by atoms with Crippen LogP contribution in [-0.2, 0) is 4.79 Å². The molecule has 1 aromatic heterocycles. The first-order valence-corrected chi connectivity index (χ1v) is 9.30. The second-order valence-corrected chi connectivity index (χ2v) is 7.70. The van der Waals surface area contributed by atoms with Crippen molar-refractivity contribution in [3.8, 4) is 5.88 Å². The van der Waals surface area contributed by atoms with E-state index in [0.29, 0.717) is 21.2 Å². The molecule has 0 fully saturated rings. The number of para-hydroxylation sites is 1. The number of carbonyl (C=O) groups excluding carboxylic acids is 2. The number of amides is 2. The summed E-state index contributed by atoms with van der Waals surface area (Å²) in [4.78, 5) is 29.0. The highest BCUT2D eigenvalue weighted by molar-refractivity contribution is 7.73. The van der Waals surface area contributed by atoms with Gasteiger partial charge in [0.1, 0.15) is 4.88 Å². The molecule has 3 aromatic rings. The van der Waals surface area contributed by atoms with Gasteiger partial charge in [-0.3, -0.25) is 15.0 Å². The molecule has 0 atom stereocenters. The van der Waals surface area contributed by atoms with Crippen molar-refractivity contribution < 1.29 is 14.7 Å². The van der Waals surface area contributed by atoms with E-state index in [1.807, 2.05) is 0 Å². The predicted molar refractivity (Wildman–Crippen MR) is 105 cm³/mol. The van der Waals surface area contributed by atoms with Crippen LogP contribution in [0.25, 0.3) is 5.57 Å². The van der Waals surface area contributed by atoms with Crippen LogP contribution in [0.4, 0.5) is 0 Å². The summed E-state index contributed by atoms with van der Waals surface area (Å²) in [5.41, 5.74) is 3.09. The van der Waals surface area contributed by atoms with Gasteiger partial charge in [-0.2, -0.15) is 4.68 Å². The summed E-state index contributed by atoms with van der Waals surface area (Å²) in [6, 6.07) is 13.4. The van der Waals surface area contributed by atoms with Crippen LogP contribution in [0.15, 0.2) is 53.5 Å². The van der Waals surface area contributed by atoms with Gasteiger partial charge in [0.15, 0.2) is 3.95 Å². The van der Waals surface area contributed by atoms with Crippen LogP contribution < -0.4 is 16.0 Å². The van der Waals surface area contributed by atoms with E-state index in [-0.39, 0.29) is 20.3 Å². The molecule has 9 heteroatoms. The van der Waals surface area contributed by atoms with Crippen molar-refractivity contribution in [2.24, 2.45) is 4.99 Å². The van der Waals surface area contributed by atoms with Crippen molar-refractivity contribution in [3.05, 3.63) is 78.5 Å². The molecule has 2 heterocycles. The summed E-state index contributed by atoms with van der Waals surface area (Å²) < 4.78 is 1.25. The minimum absolute atomic E-state index is 0.183. The number of halogens is 1. The van der Waals surface area contributed by atoms with E-state index < -0.39 is 11.8 Å². The molecule has 1 aliphatic heterocycles. The zero-order valence-corrected chi connectivity index (χ0v) is 15.9. The van der Waals surface area contributed by atoms with Crippen molar-refractivity contribution in [2.45, 2.75) is 0 Å². The highest BCUT2D eigenvalue weighted by Gasteiger charge is 2.25. The summed E-state index contributed by atoms with van der Waals surface area (Å²) in [6.07, 6.45) is 0. The van der Waals surface area contributed by atoms with Gasteiger partial charge in [0.05, 0.1) is 10.9 Å². The van der Waals surface area contributed by atoms with E-state index in [1.54, 1.807) is 42.5 Å². The molecule has 0 saturated heterocycles. The summed E-state index contributed by atoms with van der Waals surface area (Å²) in [6.45, 7) is 0. The molecule has 2 amide bonds. The maximum atomic E-state index is 12.4. The largest absolute Gasteiger partial charge is 0.492 e. The predicted octanol–water partition coefficient (Wildman–Crippen LogP) is 2.38. The summed E-state index contributed by atoms with van der Waals surface area (Å²) in [5.74, 6) is -1.28. The molecule has 0 radical (unpaired) electrons. The van der Waals surface area contributed by atoms with Gasteiger partial charge in [0.2, 0.25) is 5.88 Å². The lowest BCUT2D eigenvalue weighted by atomic mass is 10.1. The molecule has 134 valence electrons. The first-order chi connectivity index (χ1) is 13.0. The lowest BCUT2D eigenvalue weighted by Crippen LogP contribution is -2.23. The van der Waals surface area contributed by atoms with E-state index in [4.69, 9.17) is 23.8 Å². The van der Waals surface area contributed by atoms with E-state index in [9.17, 15) is 14.7 Å². The molecule has 0 aliphatic carbocycles. The molecular formula is C18H10ClN3O3S2. The van der Waals surface area contributed by atoms with Gasteiger partial charge in [-0.1, -0.05) is 47.2 Å². The molecule has 0 unspecified atom stereocenters.